The number of aromatic nitrogens is 3. The van der Waals surface area contributed by atoms with Crippen LogP contribution in [0.15, 0.2) is 0 Å². The highest BCUT2D eigenvalue weighted by Gasteiger charge is 2.37. The van der Waals surface area contributed by atoms with Gasteiger partial charge in [0, 0.05) is 45.3 Å². The Hall–Kier alpha value is -2.15. The summed E-state index contributed by atoms with van der Waals surface area (Å²) in [5.74, 6) is 2.14. The number of carbonyl (C=O) groups is 1. The number of hydrogen-bond donors (Lipinski definition) is 1. The first-order valence-electron chi connectivity index (χ1n) is 9.34. The Kier molecular flexibility index (Phi) is 4.34. The zero-order valence-corrected chi connectivity index (χ0v) is 16.0. The number of carbonyl (C=O) groups excluding carboxylic acids is 1. The van der Waals surface area contributed by atoms with E-state index in [1.165, 1.54) is 0 Å². The number of rotatable bonds is 4. The van der Waals surface area contributed by atoms with Crippen molar-refractivity contribution in [1.82, 2.24) is 25.0 Å². The number of ether oxygens (including phenoxy) is 1. The number of pyridine rings is 1. The van der Waals surface area contributed by atoms with E-state index in [1.54, 1.807) is 11.8 Å². The maximum atomic E-state index is 12.7. The molecule has 0 unspecified atom stereocenters. The molecule has 2 aliphatic heterocycles. The Morgan fingerprint density at radius 2 is 1.96 bits per heavy atom. The molecule has 1 amide bonds. The highest BCUT2D eigenvalue weighted by Crippen LogP contribution is 2.31. The van der Waals surface area contributed by atoms with E-state index in [0.717, 1.165) is 54.0 Å². The first-order valence-corrected chi connectivity index (χ1v) is 9.34. The summed E-state index contributed by atoms with van der Waals surface area (Å²) >= 11 is 0. The summed E-state index contributed by atoms with van der Waals surface area (Å²) in [5, 5.41) is 8.76. The van der Waals surface area contributed by atoms with Crippen molar-refractivity contribution in [2.75, 3.05) is 33.3 Å². The Balaban J connectivity index is 1.53. The normalized spacial score (nSPS) is 22.2. The number of likely N-dealkylation sites (tertiary alicyclic amines) is 1. The number of amides is 1. The summed E-state index contributed by atoms with van der Waals surface area (Å²) in [5.41, 5.74) is 4.05. The molecule has 7 heteroatoms. The van der Waals surface area contributed by atoms with Gasteiger partial charge in [-0.25, -0.2) is 9.67 Å². The number of methoxy groups -OCH3 is 1. The summed E-state index contributed by atoms with van der Waals surface area (Å²) in [7, 11) is 3.50. The van der Waals surface area contributed by atoms with Gasteiger partial charge in [0.25, 0.3) is 0 Å². The molecule has 4 heterocycles. The van der Waals surface area contributed by atoms with E-state index in [2.05, 4.69) is 22.2 Å². The lowest BCUT2D eigenvalue weighted by Crippen LogP contribution is -2.32. The molecular formula is C19H27N5O2. The van der Waals surface area contributed by atoms with Gasteiger partial charge < -0.3 is 15.0 Å². The summed E-state index contributed by atoms with van der Waals surface area (Å²) < 4.78 is 7.17. The van der Waals surface area contributed by atoms with Gasteiger partial charge in [0.2, 0.25) is 11.8 Å². The van der Waals surface area contributed by atoms with Crippen molar-refractivity contribution in [3.8, 4) is 5.88 Å². The molecule has 0 aromatic carbocycles. The van der Waals surface area contributed by atoms with Crippen molar-refractivity contribution in [2.45, 2.75) is 26.7 Å². The van der Waals surface area contributed by atoms with Gasteiger partial charge in [-0.05, 0) is 43.2 Å². The number of hydrogen-bond acceptors (Lipinski definition) is 5. The van der Waals surface area contributed by atoms with Crippen LogP contribution < -0.4 is 10.1 Å². The summed E-state index contributed by atoms with van der Waals surface area (Å²) in [6, 6.07) is 0. The van der Waals surface area contributed by atoms with Crippen molar-refractivity contribution in [3.63, 3.8) is 0 Å². The largest absolute Gasteiger partial charge is 0.479 e. The van der Waals surface area contributed by atoms with Crippen LogP contribution in [0.25, 0.3) is 11.0 Å². The van der Waals surface area contributed by atoms with Gasteiger partial charge in [0.1, 0.15) is 0 Å². The van der Waals surface area contributed by atoms with Crippen molar-refractivity contribution < 1.29 is 9.53 Å². The third kappa shape index (κ3) is 2.74. The van der Waals surface area contributed by atoms with Crippen LogP contribution in [0.2, 0.25) is 0 Å². The van der Waals surface area contributed by atoms with Crippen molar-refractivity contribution in [2.24, 2.45) is 18.9 Å². The molecule has 1 N–H and O–H groups in total. The molecule has 2 saturated heterocycles. The van der Waals surface area contributed by atoms with E-state index in [1.807, 2.05) is 14.0 Å². The molecule has 0 radical (unpaired) electrons. The molecule has 0 spiro atoms. The second-order valence-corrected chi connectivity index (χ2v) is 7.61. The van der Waals surface area contributed by atoms with E-state index >= 15 is 0 Å². The molecule has 2 aliphatic rings. The SMILES string of the molecule is COc1nn(C)c2nc(C)c(CCC(=O)N3C[C@H]4CNC[C@H]4C3)c(C)c12. The summed E-state index contributed by atoms with van der Waals surface area (Å²) in [6.45, 7) is 8.00. The molecule has 7 nitrogen and oxygen atoms in total. The van der Waals surface area contributed by atoms with E-state index in [4.69, 9.17) is 9.72 Å². The van der Waals surface area contributed by atoms with E-state index in [0.29, 0.717) is 30.6 Å². The number of nitrogens with one attached hydrogen (secondary N) is 1. The average Bonchev–Trinajstić information content (AvgIpc) is 3.28. The lowest BCUT2D eigenvalue weighted by molar-refractivity contribution is -0.130. The molecule has 0 bridgehead atoms. The average molecular weight is 357 g/mol. The minimum absolute atomic E-state index is 0.261. The first-order chi connectivity index (χ1) is 12.5. The molecule has 2 aromatic heterocycles. The Bertz CT molecular complexity index is 847. The van der Waals surface area contributed by atoms with Crippen molar-refractivity contribution in [1.29, 1.82) is 0 Å². The second kappa shape index (κ2) is 6.54. The lowest BCUT2D eigenvalue weighted by Gasteiger charge is -2.18. The van der Waals surface area contributed by atoms with E-state index in [9.17, 15) is 4.79 Å². The molecule has 2 fully saturated rings. The highest BCUT2D eigenvalue weighted by atomic mass is 16.5. The maximum Gasteiger partial charge on any atom is 0.242 e. The Morgan fingerprint density at radius 1 is 1.27 bits per heavy atom. The molecule has 2 atom stereocenters. The van der Waals surface area contributed by atoms with Gasteiger partial charge in [-0.15, -0.1) is 5.10 Å². The van der Waals surface area contributed by atoms with Crippen LogP contribution in [0, 0.1) is 25.7 Å². The van der Waals surface area contributed by atoms with Crippen LogP contribution in [-0.4, -0.2) is 58.9 Å². The quantitative estimate of drug-likeness (QED) is 0.890. The molecule has 4 rings (SSSR count). The number of fused-ring (bicyclic) bond motifs is 2. The van der Waals surface area contributed by atoms with Gasteiger partial charge in [-0.2, -0.15) is 0 Å². The third-order valence-electron chi connectivity index (χ3n) is 6.05. The van der Waals surface area contributed by atoms with Crippen LogP contribution in [0.5, 0.6) is 5.88 Å². The monoisotopic (exact) mass is 357 g/mol. The maximum absolute atomic E-state index is 12.7. The van der Waals surface area contributed by atoms with E-state index < -0.39 is 0 Å². The highest BCUT2D eigenvalue weighted by molar-refractivity contribution is 5.86. The lowest BCUT2D eigenvalue weighted by atomic mass is 10.00. The van der Waals surface area contributed by atoms with Gasteiger partial charge in [-0.1, -0.05) is 0 Å². The summed E-state index contributed by atoms with van der Waals surface area (Å²) in [6.07, 6.45) is 1.24. The zero-order valence-electron chi connectivity index (χ0n) is 16.0. The predicted octanol–water partition coefficient (Wildman–Crippen LogP) is 1.20. The first kappa shape index (κ1) is 17.3. The van der Waals surface area contributed by atoms with Crippen LogP contribution in [0.3, 0.4) is 0 Å². The second-order valence-electron chi connectivity index (χ2n) is 7.61. The minimum Gasteiger partial charge on any atom is -0.479 e. The van der Waals surface area contributed by atoms with Gasteiger partial charge >= 0.3 is 0 Å². The molecule has 2 aromatic rings. The molecule has 140 valence electrons. The Morgan fingerprint density at radius 3 is 2.62 bits per heavy atom. The third-order valence-corrected chi connectivity index (χ3v) is 6.05. The van der Waals surface area contributed by atoms with Gasteiger partial charge in [0.15, 0.2) is 5.65 Å². The fourth-order valence-electron chi connectivity index (χ4n) is 4.56. The van der Waals surface area contributed by atoms with Crippen molar-refractivity contribution >= 4 is 16.9 Å². The number of nitrogens with zero attached hydrogens (tertiary/aromatic N) is 4. The van der Waals surface area contributed by atoms with Crippen LogP contribution in [0.4, 0.5) is 0 Å². The Labute approximate surface area is 153 Å². The fourth-order valence-corrected chi connectivity index (χ4v) is 4.56. The van der Waals surface area contributed by atoms with Gasteiger partial charge in [0.05, 0.1) is 12.5 Å². The molecule has 0 aliphatic carbocycles. The summed E-state index contributed by atoms with van der Waals surface area (Å²) in [4.78, 5) is 19.5. The molecular weight excluding hydrogens is 330 g/mol. The molecule has 26 heavy (non-hydrogen) atoms. The number of aryl methyl sites for hydroxylation is 3. The van der Waals surface area contributed by atoms with E-state index in [-0.39, 0.29) is 5.91 Å². The van der Waals surface area contributed by atoms with Crippen LogP contribution in [0.1, 0.15) is 23.2 Å². The smallest absolute Gasteiger partial charge is 0.242 e. The fraction of sp³-hybridized carbons (Fsp3) is 0.632. The van der Waals surface area contributed by atoms with Crippen LogP contribution >= 0.6 is 0 Å². The van der Waals surface area contributed by atoms with Crippen LogP contribution in [-0.2, 0) is 18.3 Å². The van der Waals surface area contributed by atoms with Crippen molar-refractivity contribution in [3.05, 3.63) is 16.8 Å². The topological polar surface area (TPSA) is 72.3 Å². The molecule has 0 saturated carbocycles. The van der Waals surface area contributed by atoms with Gasteiger partial charge in [-0.3, -0.25) is 4.79 Å². The zero-order chi connectivity index (χ0) is 18.4. The standard InChI is InChI=1S/C19H27N5O2/c1-11-15(12(2)21-18-17(11)19(26-4)22-23(18)3)5-6-16(25)24-9-13-7-20-8-14(13)10-24/h13-14,20H,5-10H2,1-4H3/t13-,14+. The predicted molar refractivity (Wildman–Crippen MR) is 99.3 cm³/mol. The minimum atomic E-state index is 0.261.